The second-order valence-corrected chi connectivity index (χ2v) is 3.07. The van der Waals surface area contributed by atoms with Gasteiger partial charge in [0.1, 0.15) is 17.8 Å². The van der Waals surface area contributed by atoms with E-state index in [-0.39, 0.29) is 6.61 Å². The lowest BCUT2D eigenvalue weighted by Crippen LogP contribution is -2.11. The van der Waals surface area contributed by atoms with E-state index in [1.165, 1.54) is 19.2 Å². The van der Waals surface area contributed by atoms with Gasteiger partial charge in [-0.05, 0) is 12.1 Å². The molecule has 0 saturated heterocycles. The first kappa shape index (κ1) is 12.0. The van der Waals surface area contributed by atoms with E-state index in [2.05, 4.69) is 0 Å². The minimum atomic E-state index is -0.556. The third kappa shape index (κ3) is 3.27. The molecule has 0 fully saturated rings. The zero-order chi connectivity index (χ0) is 12.0. The van der Waals surface area contributed by atoms with Gasteiger partial charge < -0.3 is 20.0 Å². The molecule has 0 saturated carbocycles. The predicted molar refractivity (Wildman–Crippen MR) is 57.7 cm³/mol. The monoisotopic (exact) mass is 223 g/mol. The molecule has 1 aromatic carbocycles. The first-order valence-corrected chi connectivity index (χ1v) is 4.72. The number of methoxy groups -OCH3 is 1. The van der Waals surface area contributed by atoms with Crippen molar-refractivity contribution in [2.75, 3.05) is 13.7 Å². The third-order valence-electron chi connectivity index (χ3n) is 1.90. The van der Waals surface area contributed by atoms with Crippen molar-refractivity contribution in [2.45, 2.75) is 6.42 Å². The maximum absolute atomic E-state index is 11.0. The summed E-state index contributed by atoms with van der Waals surface area (Å²) in [5.41, 5.74) is 5.46. The molecular formula is C11H13NO4. The summed E-state index contributed by atoms with van der Waals surface area (Å²) in [6, 6.07) is 4.65. The molecule has 16 heavy (non-hydrogen) atoms. The first-order valence-electron chi connectivity index (χ1n) is 4.72. The Hall–Kier alpha value is -2.04. The average molecular weight is 223 g/mol. The number of hydrogen-bond donors (Lipinski definition) is 1. The molecule has 0 aliphatic rings. The molecule has 0 radical (unpaired) electrons. The highest BCUT2D eigenvalue weighted by molar-refractivity contribution is 5.93. The largest absolute Gasteiger partial charge is 0.497 e. The van der Waals surface area contributed by atoms with E-state index in [0.29, 0.717) is 23.5 Å². The van der Waals surface area contributed by atoms with Crippen LogP contribution in [0.4, 0.5) is 0 Å². The summed E-state index contributed by atoms with van der Waals surface area (Å²) in [4.78, 5) is 21.1. The highest BCUT2D eigenvalue weighted by Crippen LogP contribution is 2.22. The Bertz CT molecular complexity index is 390. The van der Waals surface area contributed by atoms with E-state index in [4.69, 9.17) is 15.2 Å². The van der Waals surface area contributed by atoms with Crippen LogP contribution in [-0.2, 0) is 4.79 Å². The molecule has 0 spiro atoms. The van der Waals surface area contributed by atoms with Crippen molar-refractivity contribution in [1.82, 2.24) is 0 Å². The number of aldehydes is 1. The van der Waals surface area contributed by atoms with E-state index in [1.54, 1.807) is 6.07 Å². The number of primary amides is 1. The highest BCUT2D eigenvalue weighted by Gasteiger charge is 2.06. The van der Waals surface area contributed by atoms with Gasteiger partial charge in [0.2, 0.25) is 5.91 Å². The summed E-state index contributed by atoms with van der Waals surface area (Å²) < 4.78 is 10.3. The van der Waals surface area contributed by atoms with Crippen molar-refractivity contribution in [3.8, 4) is 11.5 Å². The fourth-order valence-electron chi connectivity index (χ4n) is 1.14. The van der Waals surface area contributed by atoms with Crippen LogP contribution in [-0.4, -0.2) is 25.9 Å². The maximum Gasteiger partial charge on any atom is 0.248 e. The Balaban J connectivity index is 2.86. The number of carbonyl (C=O) groups is 2. The Kier molecular flexibility index (Phi) is 4.32. The van der Waals surface area contributed by atoms with Gasteiger partial charge in [-0.25, -0.2) is 0 Å². The predicted octanol–water partition coefficient (Wildman–Crippen LogP) is 0.762. The normalized spacial score (nSPS) is 9.56. The minimum Gasteiger partial charge on any atom is -0.497 e. The van der Waals surface area contributed by atoms with Crippen LogP contribution in [0.1, 0.15) is 16.8 Å². The zero-order valence-corrected chi connectivity index (χ0v) is 8.93. The fraction of sp³-hybridized carbons (Fsp3) is 0.273. The molecule has 0 heterocycles. The Morgan fingerprint density at radius 1 is 1.38 bits per heavy atom. The fourth-order valence-corrected chi connectivity index (χ4v) is 1.14. The first-order chi connectivity index (χ1) is 7.67. The number of nitrogens with two attached hydrogens (primary N) is 1. The van der Waals surface area contributed by atoms with Gasteiger partial charge in [0.15, 0.2) is 0 Å². The van der Waals surface area contributed by atoms with Crippen LogP contribution in [0.15, 0.2) is 18.2 Å². The molecular weight excluding hydrogens is 210 g/mol. The summed E-state index contributed by atoms with van der Waals surface area (Å²) in [6.07, 6.45) is 1.05. The van der Waals surface area contributed by atoms with Gasteiger partial charge in [-0.1, -0.05) is 0 Å². The number of benzene rings is 1. The molecule has 1 aromatic rings. The van der Waals surface area contributed by atoms with Crippen LogP contribution in [0.3, 0.4) is 0 Å². The van der Waals surface area contributed by atoms with E-state index >= 15 is 0 Å². The van der Waals surface area contributed by atoms with Crippen LogP contribution in [0.5, 0.6) is 11.5 Å². The van der Waals surface area contributed by atoms with E-state index in [0.717, 1.165) is 6.29 Å². The summed E-state index contributed by atoms with van der Waals surface area (Å²) in [7, 11) is 1.48. The molecule has 0 atom stereocenters. The molecule has 0 aromatic heterocycles. The van der Waals surface area contributed by atoms with Crippen molar-refractivity contribution in [1.29, 1.82) is 0 Å². The number of hydrogen-bond acceptors (Lipinski definition) is 4. The van der Waals surface area contributed by atoms with Crippen molar-refractivity contribution in [2.24, 2.45) is 5.73 Å². The lowest BCUT2D eigenvalue weighted by molar-refractivity contribution is -0.108. The molecule has 0 aliphatic heterocycles. The van der Waals surface area contributed by atoms with E-state index in [9.17, 15) is 9.59 Å². The van der Waals surface area contributed by atoms with Crippen molar-refractivity contribution >= 4 is 12.2 Å². The molecule has 0 aliphatic carbocycles. The van der Waals surface area contributed by atoms with E-state index in [1.807, 2.05) is 0 Å². The summed E-state index contributed by atoms with van der Waals surface area (Å²) in [5.74, 6) is 0.381. The molecule has 0 unspecified atom stereocenters. The lowest BCUT2D eigenvalue weighted by Gasteiger charge is -2.08. The molecule has 1 amide bonds. The van der Waals surface area contributed by atoms with Gasteiger partial charge in [-0.2, -0.15) is 0 Å². The quantitative estimate of drug-likeness (QED) is 0.570. The van der Waals surface area contributed by atoms with Crippen LogP contribution in [0.25, 0.3) is 0 Å². The summed E-state index contributed by atoms with van der Waals surface area (Å²) in [5, 5.41) is 0. The second kappa shape index (κ2) is 5.75. The van der Waals surface area contributed by atoms with Gasteiger partial charge in [0.05, 0.1) is 13.7 Å². The third-order valence-corrected chi connectivity index (χ3v) is 1.90. The molecule has 1 rings (SSSR count). The van der Waals surface area contributed by atoms with Gasteiger partial charge in [0.25, 0.3) is 0 Å². The number of carbonyl (C=O) groups excluding carboxylic acids is 2. The molecule has 5 nitrogen and oxygen atoms in total. The summed E-state index contributed by atoms with van der Waals surface area (Å²) in [6.45, 7) is 0.259. The van der Waals surface area contributed by atoms with Gasteiger partial charge in [0, 0.05) is 18.1 Å². The van der Waals surface area contributed by atoms with Gasteiger partial charge in [-0.3, -0.25) is 4.79 Å². The molecule has 86 valence electrons. The van der Waals surface area contributed by atoms with Crippen LogP contribution < -0.4 is 15.2 Å². The Morgan fingerprint density at radius 2 is 2.06 bits per heavy atom. The average Bonchev–Trinajstić information content (AvgIpc) is 2.29. The van der Waals surface area contributed by atoms with Crippen molar-refractivity contribution in [3.05, 3.63) is 23.8 Å². The Labute approximate surface area is 93.1 Å². The second-order valence-electron chi connectivity index (χ2n) is 3.07. The van der Waals surface area contributed by atoms with Crippen LogP contribution in [0.2, 0.25) is 0 Å². The minimum absolute atomic E-state index is 0.259. The molecule has 5 heteroatoms. The van der Waals surface area contributed by atoms with Crippen molar-refractivity contribution in [3.63, 3.8) is 0 Å². The smallest absolute Gasteiger partial charge is 0.248 e. The van der Waals surface area contributed by atoms with Crippen molar-refractivity contribution < 1.29 is 19.1 Å². The topological polar surface area (TPSA) is 78.6 Å². The maximum atomic E-state index is 11.0. The summed E-state index contributed by atoms with van der Waals surface area (Å²) >= 11 is 0. The van der Waals surface area contributed by atoms with Gasteiger partial charge >= 0.3 is 0 Å². The Morgan fingerprint density at radius 3 is 2.62 bits per heavy atom. The number of ether oxygens (including phenoxy) is 2. The van der Waals surface area contributed by atoms with Gasteiger partial charge in [-0.15, -0.1) is 0 Å². The standard InChI is InChI=1S/C11H13NO4/c1-15-9-5-8(11(12)14)6-10(7-9)16-4-2-3-13/h3,5-7H,2,4H2,1H3,(H2,12,14). The SMILES string of the molecule is COc1cc(OCCC=O)cc(C(N)=O)c1. The molecule has 0 bridgehead atoms. The number of amides is 1. The highest BCUT2D eigenvalue weighted by atomic mass is 16.5. The number of rotatable bonds is 6. The molecule has 2 N–H and O–H groups in total. The zero-order valence-electron chi connectivity index (χ0n) is 8.93. The van der Waals surface area contributed by atoms with Crippen LogP contribution >= 0.6 is 0 Å². The van der Waals surface area contributed by atoms with E-state index < -0.39 is 5.91 Å². The lowest BCUT2D eigenvalue weighted by atomic mass is 10.2. The van der Waals surface area contributed by atoms with Crippen LogP contribution in [0, 0.1) is 0 Å².